The second kappa shape index (κ2) is 5.42. The Bertz CT molecular complexity index is 347. The standard InChI is InChI=1S/C11H12BrClO/c1-8-3-4-11(10(12)5-8)14-7-9(2)6-13/h3-6H,7H2,1-2H3/b9-6-. The van der Waals surface area contributed by atoms with Gasteiger partial charge in [-0.25, -0.2) is 0 Å². The molecule has 0 heterocycles. The van der Waals surface area contributed by atoms with Gasteiger partial charge in [-0.1, -0.05) is 17.7 Å². The van der Waals surface area contributed by atoms with Crippen LogP contribution in [-0.2, 0) is 0 Å². The third-order valence-electron chi connectivity index (χ3n) is 1.73. The maximum Gasteiger partial charge on any atom is 0.133 e. The minimum atomic E-state index is 0.519. The highest BCUT2D eigenvalue weighted by Crippen LogP contribution is 2.25. The molecular weight excluding hydrogens is 263 g/mol. The number of rotatable bonds is 3. The minimum Gasteiger partial charge on any atom is -0.488 e. The molecule has 0 unspecified atom stereocenters. The number of hydrogen-bond acceptors (Lipinski definition) is 1. The van der Waals surface area contributed by atoms with Crippen molar-refractivity contribution in [3.8, 4) is 5.75 Å². The molecule has 76 valence electrons. The van der Waals surface area contributed by atoms with Gasteiger partial charge in [-0.05, 0) is 53.0 Å². The van der Waals surface area contributed by atoms with Crippen LogP contribution in [0.3, 0.4) is 0 Å². The summed E-state index contributed by atoms with van der Waals surface area (Å²) in [4.78, 5) is 0. The molecule has 0 N–H and O–H groups in total. The molecule has 1 aromatic rings. The molecular formula is C11H12BrClO. The van der Waals surface area contributed by atoms with E-state index in [4.69, 9.17) is 16.3 Å². The van der Waals surface area contributed by atoms with Crippen LogP contribution in [0.2, 0.25) is 0 Å². The molecule has 0 atom stereocenters. The molecule has 0 spiro atoms. The van der Waals surface area contributed by atoms with Crippen molar-refractivity contribution in [1.29, 1.82) is 0 Å². The third-order valence-corrected chi connectivity index (χ3v) is 2.72. The summed E-state index contributed by atoms with van der Waals surface area (Å²) >= 11 is 8.97. The van der Waals surface area contributed by atoms with E-state index in [1.807, 2.05) is 32.0 Å². The van der Waals surface area contributed by atoms with E-state index in [2.05, 4.69) is 15.9 Å². The van der Waals surface area contributed by atoms with Gasteiger partial charge in [0.2, 0.25) is 0 Å². The average Bonchev–Trinajstić information content (AvgIpc) is 2.16. The van der Waals surface area contributed by atoms with Crippen LogP contribution in [0.5, 0.6) is 5.75 Å². The predicted octanol–water partition coefficient (Wildman–Crippen LogP) is 4.28. The van der Waals surface area contributed by atoms with Crippen molar-refractivity contribution in [2.75, 3.05) is 6.61 Å². The largest absolute Gasteiger partial charge is 0.488 e. The van der Waals surface area contributed by atoms with Gasteiger partial charge in [0.15, 0.2) is 0 Å². The van der Waals surface area contributed by atoms with Crippen molar-refractivity contribution in [2.45, 2.75) is 13.8 Å². The molecule has 1 aromatic carbocycles. The van der Waals surface area contributed by atoms with Crippen molar-refractivity contribution >= 4 is 27.5 Å². The third kappa shape index (κ3) is 3.35. The summed E-state index contributed by atoms with van der Waals surface area (Å²) in [5, 5.41) is 0. The Hall–Kier alpha value is -0.470. The number of benzene rings is 1. The number of hydrogen-bond donors (Lipinski definition) is 0. The van der Waals surface area contributed by atoms with Gasteiger partial charge < -0.3 is 4.74 Å². The zero-order valence-electron chi connectivity index (χ0n) is 8.18. The van der Waals surface area contributed by atoms with Crippen LogP contribution in [0.15, 0.2) is 33.8 Å². The molecule has 0 bridgehead atoms. The SMILES string of the molecule is C/C(=C/Cl)COc1ccc(C)cc1Br. The molecule has 0 aromatic heterocycles. The Labute approximate surface area is 97.9 Å². The molecule has 14 heavy (non-hydrogen) atoms. The molecule has 1 nitrogen and oxygen atoms in total. The molecule has 0 aliphatic rings. The maximum atomic E-state index is 5.54. The fraction of sp³-hybridized carbons (Fsp3) is 0.273. The fourth-order valence-electron chi connectivity index (χ4n) is 0.946. The van der Waals surface area contributed by atoms with Crippen LogP contribution in [0.1, 0.15) is 12.5 Å². The first-order valence-corrected chi connectivity index (χ1v) is 5.51. The second-order valence-electron chi connectivity index (χ2n) is 3.18. The van der Waals surface area contributed by atoms with Crippen molar-refractivity contribution in [1.82, 2.24) is 0 Å². The van der Waals surface area contributed by atoms with Gasteiger partial charge in [0, 0.05) is 5.54 Å². The van der Waals surface area contributed by atoms with Crippen LogP contribution < -0.4 is 4.74 Å². The average molecular weight is 276 g/mol. The molecule has 0 aliphatic heterocycles. The summed E-state index contributed by atoms with van der Waals surface area (Å²) in [7, 11) is 0. The smallest absolute Gasteiger partial charge is 0.133 e. The first-order valence-electron chi connectivity index (χ1n) is 4.28. The lowest BCUT2D eigenvalue weighted by Gasteiger charge is -2.08. The van der Waals surface area contributed by atoms with E-state index in [0.29, 0.717) is 6.61 Å². The van der Waals surface area contributed by atoms with Gasteiger partial charge in [0.1, 0.15) is 12.4 Å². The molecule has 0 saturated heterocycles. The van der Waals surface area contributed by atoms with E-state index < -0.39 is 0 Å². The quantitative estimate of drug-likeness (QED) is 0.800. The highest BCUT2D eigenvalue weighted by Gasteiger charge is 2.00. The normalized spacial score (nSPS) is 11.6. The number of halogens is 2. The Balaban J connectivity index is 2.68. The maximum absolute atomic E-state index is 5.54. The Morgan fingerprint density at radius 2 is 2.29 bits per heavy atom. The van der Waals surface area contributed by atoms with Gasteiger partial charge in [-0.15, -0.1) is 0 Å². The van der Waals surface area contributed by atoms with Crippen molar-refractivity contribution < 1.29 is 4.74 Å². The Morgan fingerprint density at radius 1 is 1.57 bits per heavy atom. The van der Waals surface area contributed by atoms with Gasteiger partial charge in [0.25, 0.3) is 0 Å². The lowest BCUT2D eigenvalue weighted by atomic mass is 10.2. The van der Waals surface area contributed by atoms with E-state index in [1.54, 1.807) is 0 Å². The zero-order valence-corrected chi connectivity index (χ0v) is 10.5. The molecule has 3 heteroatoms. The first-order chi connectivity index (χ1) is 6.63. The topological polar surface area (TPSA) is 9.23 Å². The predicted molar refractivity (Wildman–Crippen MR) is 64.0 cm³/mol. The summed E-state index contributed by atoms with van der Waals surface area (Å²) in [6.45, 7) is 4.48. The highest BCUT2D eigenvalue weighted by molar-refractivity contribution is 9.10. The molecule has 0 fully saturated rings. The Kier molecular flexibility index (Phi) is 4.49. The van der Waals surface area contributed by atoms with Crippen LogP contribution >= 0.6 is 27.5 Å². The van der Waals surface area contributed by atoms with E-state index in [1.165, 1.54) is 11.1 Å². The van der Waals surface area contributed by atoms with Gasteiger partial charge >= 0.3 is 0 Å². The van der Waals surface area contributed by atoms with E-state index in [9.17, 15) is 0 Å². The fourth-order valence-corrected chi connectivity index (χ4v) is 1.62. The monoisotopic (exact) mass is 274 g/mol. The summed E-state index contributed by atoms with van der Waals surface area (Å²) in [5.41, 5.74) is 3.73. The molecule has 0 aliphatic carbocycles. The lowest BCUT2D eigenvalue weighted by molar-refractivity contribution is 0.350. The first kappa shape index (κ1) is 11.6. The number of ether oxygens (including phenoxy) is 1. The molecule has 0 saturated carbocycles. The van der Waals surface area contributed by atoms with E-state index >= 15 is 0 Å². The van der Waals surface area contributed by atoms with Gasteiger partial charge in [0.05, 0.1) is 4.47 Å². The van der Waals surface area contributed by atoms with E-state index in [0.717, 1.165) is 15.8 Å². The summed E-state index contributed by atoms with van der Waals surface area (Å²) < 4.78 is 6.52. The van der Waals surface area contributed by atoms with E-state index in [-0.39, 0.29) is 0 Å². The zero-order chi connectivity index (χ0) is 10.6. The summed E-state index contributed by atoms with van der Waals surface area (Å²) in [5.74, 6) is 0.841. The van der Waals surface area contributed by atoms with Crippen molar-refractivity contribution in [3.05, 3.63) is 39.3 Å². The minimum absolute atomic E-state index is 0.519. The van der Waals surface area contributed by atoms with Gasteiger partial charge in [-0.2, -0.15) is 0 Å². The molecule has 0 amide bonds. The van der Waals surface area contributed by atoms with Crippen molar-refractivity contribution in [2.24, 2.45) is 0 Å². The van der Waals surface area contributed by atoms with Crippen LogP contribution in [0.4, 0.5) is 0 Å². The van der Waals surface area contributed by atoms with Crippen LogP contribution in [0.25, 0.3) is 0 Å². The van der Waals surface area contributed by atoms with Crippen LogP contribution in [-0.4, -0.2) is 6.61 Å². The van der Waals surface area contributed by atoms with Crippen LogP contribution in [0, 0.1) is 6.92 Å². The molecule has 1 rings (SSSR count). The molecule has 0 radical (unpaired) electrons. The van der Waals surface area contributed by atoms with Gasteiger partial charge in [-0.3, -0.25) is 0 Å². The summed E-state index contributed by atoms with van der Waals surface area (Å²) in [6.07, 6.45) is 0. The second-order valence-corrected chi connectivity index (χ2v) is 4.25. The summed E-state index contributed by atoms with van der Waals surface area (Å²) in [6, 6.07) is 5.98. The lowest BCUT2D eigenvalue weighted by Crippen LogP contribution is -1.98. The number of aryl methyl sites for hydroxylation is 1. The van der Waals surface area contributed by atoms with Crippen molar-refractivity contribution in [3.63, 3.8) is 0 Å². The highest BCUT2D eigenvalue weighted by atomic mass is 79.9. The Morgan fingerprint density at radius 3 is 2.86 bits per heavy atom.